The SMILES string of the molecule is CC.CC.[HH].c1ccc(Cc2nc3ccccc3[nH]2)cc1. The third-order valence-corrected chi connectivity index (χ3v) is 2.65. The van der Waals surface area contributed by atoms with Crippen molar-refractivity contribution in [1.82, 2.24) is 9.97 Å². The molecule has 0 unspecified atom stereocenters. The van der Waals surface area contributed by atoms with Crippen molar-refractivity contribution in [2.24, 2.45) is 0 Å². The van der Waals surface area contributed by atoms with Crippen LogP contribution in [-0.2, 0) is 6.42 Å². The van der Waals surface area contributed by atoms with Crippen LogP contribution in [0.15, 0.2) is 54.6 Å². The van der Waals surface area contributed by atoms with Gasteiger partial charge in [0.2, 0.25) is 0 Å². The number of hydrogen-bond donors (Lipinski definition) is 1. The van der Waals surface area contributed by atoms with E-state index in [0.717, 1.165) is 23.3 Å². The molecule has 0 radical (unpaired) electrons. The van der Waals surface area contributed by atoms with E-state index in [2.05, 4.69) is 40.3 Å². The van der Waals surface area contributed by atoms with Gasteiger partial charge in [-0.1, -0.05) is 70.2 Å². The molecule has 1 N–H and O–H groups in total. The van der Waals surface area contributed by atoms with Crippen molar-refractivity contribution < 1.29 is 1.43 Å². The molecule has 20 heavy (non-hydrogen) atoms. The topological polar surface area (TPSA) is 28.7 Å². The van der Waals surface area contributed by atoms with Gasteiger partial charge in [-0.2, -0.15) is 0 Å². The summed E-state index contributed by atoms with van der Waals surface area (Å²) in [6.07, 6.45) is 0.857. The quantitative estimate of drug-likeness (QED) is 0.659. The van der Waals surface area contributed by atoms with E-state index in [-0.39, 0.29) is 1.43 Å². The van der Waals surface area contributed by atoms with Crippen LogP contribution in [0.5, 0.6) is 0 Å². The molecule has 2 nitrogen and oxygen atoms in total. The van der Waals surface area contributed by atoms with Gasteiger partial charge >= 0.3 is 0 Å². The van der Waals surface area contributed by atoms with Crippen LogP contribution in [0.2, 0.25) is 0 Å². The molecule has 108 valence electrons. The Bertz CT molecular complexity index is 570. The number of imidazole rings is 1. The lowest BCUT2D eigenvalue weighted by Crippen LogP contribution is -1.89. The Balaban J connectivity index is 0.000000741. The van der Waals surface area contributed by atoms with Crippen LogP contribution < -0.4 is 0 Å². The van der Waals surface area contributed by atoms with Crippen LogP contribution >= 0.6 is 0 Å². The maximum atomic E-state index is 4.55. The van der Waals surface area contributed by atoms with Gasteiger partial charge in [0.15, 0.2) is 0 Å². The lowest BCUT2D eigenvalue weighted by atomic mass is 10.1. The normalized spacial score (nSPS) is 9.20. The summed E-state index contributed by atoms with van der Waals surface area (Å²) in [5.41, 5.74) is 3.42. The van der Waals surface area contributed by atoms with Gasteiger partial charge < -0.3 is 4.98 Å². The zero-order valence-electron chi connectivity index (χ0n) is 12.9. The minimum absolute atomic E-state index is 0. The van der Waals surface area contributed by atoms with Crippen LogP contribution in [0.25, 0.3) is 11.0 Å². The largest absolute Gasteiger partial charge is 0.342 e. The first-order valence-electron chi connectivity index (χ1n) is 7.39. The highest BCUT2D eigenvalue weighted by Crippen LogP contribution is 2.13. The number of aromatic nitrogens is 2. The molecule has 0 amide bonds. The molecule has 0 saturated carbocycles. The van der Waals surface area contributed by atoms with E-state index in [1.54, 1.807) is 0 Å². The molecular weight excluding hydrogens is 244 g/mol. The smallest absolute Gasteiger partial charge is 0.111 e. The molecule has 1 aromatic heterocycles. The van der Waals surface area contributed by atoms with E-state index in [4.69, 9.17) is 0 Å². The lowest BCUT2D eigenvalue weighted by Gasteiger charge is -1.96. The summed E-state index contributed by atoms with van der Waals surface area (Å²) in [4.78, 5) is 7.89. The second-order valence-corrected chi connectivity index (χ2v) is 3.86. The van der Waals surface area contributed by atoms with Gasteiger partial charge in [0.05, 0.1) is 11.0 Å². The summed E-state index contributed by atoms with van der Waals surface area (Å²) < 4.78 is 0. The first-order chi connectivity index (χ1) is 9.92. The minimum atomic E-state index is 0. The standard InChI is InChI=1S/C14H12N2.2C2H6.H2/c1-2-6-11(7-3-1)10-14-15-12-8-4-5-9-13(12)16-14;2*1-2;/h1-9H,10H2,(H,15,16);2*1-2H3;1H. The van der Waals surface area contributed by atoms with Gasteiger partial charge in [-0.3, -0.25) is 0 Å². The van der Waals surface area contributed by atoms with Crippen molar-refractivity contribution in [3.05, 3.63) is 66.0 Å². The van der Waals surface area contributed by atoms with Gasteiger partial charge in [-0.15, -0.1) is 0 Å². The fourth-order valence-electron chi connectivity index (χ4n) is 1.88. The Hall–Kier alpha value is -2.09. The maximum absolute atomic E-state index is 4.55. The van der Waals surface area contributed by atoms with Crippen LogP contribution in [0.1, 0.15) is 40.5 Å². The predicted octanol–water partition coefficient (Wildman–Crippen LogP) is 5.45. The highest BCUT2D eigenvalue weighted by Gasteiger charge is 2.02. The number of H-pyrrole nitrogens is 1. The molecular formula is C18H26N2. The van der Waals surface area contributed by atoms with E-state index in [1.165, 1.54) is 5.56 Å². The molecule has 0 spiro atoms. The molecule has 0 aliphatic rings. The van der Waals surface area contributed by atoms with Crippen molar-refractivity contribution >= 4 is 11.0 Å². The van der Waals surface area contributed by atoms with Crippen molar-refractivity contribution in [3.63, 3.8) is 0 Å². The number of nitrogens with one attached hydrogen (secondary N) is 1. The molecule has 3 aromatic rings. The number of nitrogens with zero attached hydrogens (tertiary/aromatic N) is 1. The van der Waals surface area contributed by atoms with Gasteiger partial charge in [0.1, 0.15) is 5.82 Å². The zero-order valence-corrected chi connectivity index (χ0v) is 12.9. The van der Waals surface area contributed by atoms with Crippen molar-refractivity contribution in [2.45, 2.75) is 34.1 Å². The average molecular weight is 270 g/mol. The molecule has 0 aliphatic carbocycles. The monoisotopic (exact) mass is 270 g/mol. The highest BCUT2D eigenvalue weighted by atomic mass is 14.9. The van der Waals surface area contributed by atoms with Crippen LogP contribution in [-0.4, -0.2) is 9.97 Å². The van der Waals surface area contributed by atoms with Gasteiger partial charge in [-0.05, 0) is 17.7 Å². The highest BCUT2D eigenvalue weighted by molar-refractivity contribution is 5.74. The van der Waals surface area contributed by atoms with Gasteiger partial charge in [-0.25, -0.2) is 4.98 Å². The summed E-state index contributed by atoms with van der Waals surface area (Å²) in [6.45, 7) is 8.00. The fraction of sp³-hybridized carbons (Fsp3) is 0.278. The van der Waals surface area contributed by atoms with E-state index in [1.807, 2.05) is 52.0 Å². The predicted molar refractivity (Wildman–Crippen MR) is 90.2 cm³/mol. The third kappa shape index (κ3) is 4.23. The summed E-state index contributed by atoms with van der Waals surface area (Å²) >= 11 is 0. The molecule has 0 saturated heterocycles. The molecule has 3 rings (SSSR count). The number of rotatable bonds is 2. The zero-order chi connectivity index (χ0) is 14.8. The Labute approximate surface area is 123 Å². The summed E-state index contributed by atoms with van der Waals surface area (Å²) in [7, 11) is 0. The second-order valence-electron chi connectivity index (χ2n) is 3.86. The Morgan fingerprint density at radius 3 is 2.10 bits per heavy atom. The molecule has 0 bridgehead atoms. The Kier molecular flexibility index (Phi) is 7.12. The van der Waals surface area contributed by atoms with E-state index < -0.39 is 0 Å². The molecule has 0 aliphatic heterocycles. The maximum Gasteiger partial charge on any atom is 0.111 e. The summed E-state index contributed by atoms with van der Waals surface area (Å²) in [5.74, 6) is 1.02. The molecule has 2 heteroatoms. The number of para-hydroxylation sites is 2. The number of aromatic amines is 1. The van der Waals surface area contributed by atoms with Crippen molar-refractivity contribution in [2.75, 3.05) is 0 Å². The number of hydrogen-bond acceptors (Lipinski definition) is 1. The fourth-order valence-corrected chi connectivity index (χ4v) is 1.88. The van der Waals surface area contributed by atoms with Crippen LogP contribution in [0, 0.1) is 0 Å². The molecule has 2 aromatic carbocycles. The van der Waals surface area contributed by atoms with E-state index >= 15 is 0 Å². The van der Waals surface area contributed by atoms with Gasteiger partial charge in [0, 0.05) is 7.85 Å². The summed E-state index contributed by atoms with van der Waals surface area (Å²) in [6, 6.07) is 18.5. The average Bonchev–Trinajstić information content (AvgIpc) is 2.94. The van der Waals surface area contributed by atoms with Gasteiger partial charge in [0.25, 0.3) is 0 Å². The first-order valence-corrected chi connectivity index (χ1v) is 7.39. The first kappa shape index (κ1) is 16.0. The molecule has 0 atom stereocenters. The lowest BCUT2D eigenvalue weighted by molar-refractivity contribution is 1.04. The number of benzene rings is 2. The van der Waals surface area contributed by atoms with Crippen molar-refractivity contribution in [3.8, 4) is 0 Å². The number of fused-ring (bicyclic) bond motifs is 1. The molecule has 0 fully saturated rings. The van der Waals surface area contributed by atoms with E-state index in [9.17, 15) is 0 Å². The van der Waals surface area contributed by atoms with Crippen LogP contribution in [0.4, 0.5) is 0 Å². The third-order valence-electron chi connectivity index (χ3n) is 2.65. The minimum Gasteiger partial charge on any atom is -0.342 e. The Morgan fingerprint density at radius 1 is 0.850 bits per heavy atom. The molecule has 1 heterocycles. The van der Waals surface area contributed by atoms with Crippen LogP contribution in [0.3, 0.4) is 0 Å². The van der Waals surface area contributed by atoms with Crippen molar-refractivity contribution in [1.29, 1.82) is 0 Å². The summed E-state index contributed by atoms with van der Waals surface area (Å²) in [5, 5.41) is 0. The Morgan fingerprint density at radius 2 is 1.45 bits per heavy atom. The van der Waals surface area contributed by atoms with E-state index in [0.29, 0.717) is 0 Å². The second kappa shape index (κ2) is 8.92.